The lowest BCUT2D eigenvalue weighted by molar-refractivity contribution is 0.103. The molecule has 1 aromatic heterocycles. The summed E-state index contributed by atoms with van der Waals surface area (Å²) >= 11 is 0. The van der Waals surface area contributed by atoms with E-state index >= 15 is 0 Å². The highest BCUT2D eigenvalue weighted by atomic mass is 15.3. The topological polar surface area (TPSA) is 24.3 Å². The standard InChI is InChI=1S/C14H24N4/c1-13-15-5-9-17(13)8-3-6-16-10-11-18-7-2-4-14(18)12-16/h5,9,14H,2-4,6-8,10-12H2,1H3. The van der Waals surface area contributed by atoms with Crippen molar-refractivity contribution in [2.45, 2.75) is 38.8 Å². The van der Waals surface area contributed by atoms with E-state index in [0.29, 0.717) is 0 Å². The molecule has 0 aromatic carbocycles. The SMILES string of the molecule is Cc1nccn1CCCN1CCN2CCCC2C1. The van der Waals surface area contributed by atoms with Gasteiger partial charge in [-0.3, -0.25) is 4.90 Å². The van der Waals surface area contributed by atoms with Gasteiger partial charge in [0.15, 0.2) is 0 Å². The van der Waals surface area contributed by atoms with Gasteiger partial charge in [-0.2, -0.15) is 0 Å². The van der Waals surface area contributed by atoms with E-state index < -0.39 is 0 Å². The first kappa shape index (κ1) is 12.2. The third-order valence-corrected chi connectivity index (χ3v) is 4.47. The minimum absolute atomic E-state index is 0.855. The zero-order valence-corrected chi connectivity index (χ0v) is 11.4. The first-order valence-corrected chi connectivity index (χ1v) is 7.27. The number of nitrogens with zero attached hydrogens (tertiary/aromatic N) is 4. The van der Waals surface area contributed by atoms with E-state index in [0.717, 1.165) is 18.4 Å². The van der Waals surface area contributed by atoms with Gasteiger partial charge >= 0.3 is 0 Å². The molecule has 100 valence electrons. The van der Waals surface area contributed by atoms with Crippen molar-refractivity contribution in [3.05, 3.63) is 18.2 Å². The fourth-order valence-corrected chi connectivity index (χ4v) is 3.36. The predicted octanol–water partition coefficient (Wildman–Crippen LogP) is 1.36. The van der Waals surface area contributed by atoms with Gasteiger partial charge in [-0.05, 0) is 39.3 Å². The molecule has 4 heteroatoms. The molecule has 0 saturated carbocycles. The summed E-state index contributed by atoms with van der Waals surface area (Å²) < 4.78 is 2.26. The first-order valence-electron chi connectivity index (χ1n) is 7.27. The minimum Gasteiger partial charge on any atom is -0.335 e. The summed E-state index contributed by atoms with van der Waals surface area (Å²) in [5, 5.41) is 0. The quantitative estimate of drug-likeness (QED) is 0.804. The summed E-state index contributed by atoms with van der Waals surface area (Å²) in [6.07, 6.45) is 8.05. The van der Waals surface area contributed by atoms with E-state index in [1.54, 1.807) is 0 Å². The van der Waals surface area contributed by atoms with Crippen LogP contribution in [0.1, 0.15) is 25.1 Å². The summed E-state index contributed by atoms with van der Waals surface area (Å²) in [6.45, 7) is 9.61. The highest BCUT2D eigenvalue weighted by Crippen LogP contribution is 2.21. The lowest BCUT2D eigenvalue weighted by Gasteiger charge is -2.37. The predicted molar refractivity (Wildman–Crippen MR) is 72.6 cm³/mol. The third-order valence-electron chi connectivity index (χ3n) is 4.47. The van der Waals surface area contributed by atoms with Gasteiger partial charge < -0.3 is 9.47 Å². The van der Waals surface area contributed by atoms with Gasteiger partial charge in [0.1, 0.15) is 5.82 Å². The molecule has 0 radical (unpaired) electrons. The van der Waals surface area contributed by atoms with Crippen LogP contribution in [0.15, 0.2) is 12.4 Å². The highest BCUT2D eigenvalue weighted by molar-refractivity contribution is 4.89. The van der Waals surface area contributed by atoms with Crippen molar-refractivity contribution in [1.82, 2.24) is 19.4 Å². The molecule has 3 heterocycles. The van der Waals surface area contributed by atoms with Crippen molar-refractivity contribution < 1.29 is 0 Å². The first-order chi connectivity index (χ1) is 8.83. The maximum absolute atomic E-state index is 4.27. The second kappa shape index (κ2) is 5.41. The summed E-state index contributed by atoms with van der Waals surface area (Å²) in [5.74, 6) is 1.13. The average Bonchev–Trinajstić information content (AvgIpc) is 2.98. The fraction of sp³-hybridized carbons (Fsp3) is 0.786. The maximum atomic E-state index is 4.27. The van der Waals surface area contributed by atoms with E-state index in [1.807, 2.05) is 6.20 Å². The molecule has 2 fully saturated rings. The number of aromatic nitrogens is 2. The molecule has 4 nitrogen and oxygen atoms in total. The average molecular weight is 248 g/mol. The van der Waals surface area contributed by atoms with Crippen LogP contribution in [-0.2, 0) is 6.54 Å². The molecule has 1 atom stereocenters. The second-order valence-electron chi connectivity index (χ2n) is 5.65. The molecule has 0 N–H and O–H groups in total. The lowest BCUT2D eigenvalue weighted by Crippen LogP contribution is -2.50. The molecule has 2 aliphatic rings. The number of imidazole rings is 1. The van der Waals surface area contributed by atoms with Gasteiger partial charge in [-0.25, -0.2) is 4.98 Å². The minimum atomic E-state index is 0.855. The Hall–Kier alpha value is -0.870. The molecule has 0 spiro atoms. The zero-order valence-electron chi connectivity index (χ0n) is 11.4. The molecule has 18 heavy (non-hydrogen) atoms. The molecule has 1 unspecified atom stereocenters. The molecule has 0 aliphatic carbocycles. The largest absolute Gasteiger partial charge is 0.335 e. The van der Waals surface area contributed by atoms with Crippen molar-refractivity contribution in [2.24, 2.45) is 0 Å². The van der Waals surface area contributed by atoms with Crippen LogP contribution in [0, 0.1) is 6.92 Å². The Balaban J connectivity index is 1.42. The van der Waals surface area contributed by atoms with E-state index in [1.165, 1.54) is 52.0 Å². The zero-order chi connectivity index (χ0) is 12.4. The van der Waals surface area contributed by atoms with Crippen molar-refractivity contribution >= 4 is 0 Å². The Morgan fingerprint density at radius 3 is 3.06 bits per heavy atom. The van der Waals surface area contributed by atoms with Crippen LogP contribution in [0.2, 0.25) is 0 Å². The van der Waals surface area contributed by atoms with Crippen molar-refractivity contribution in [2.75, 3.05) is 32.7 Å². The summed E-state index contributed by atoms with van der Waals surface area (Å²) in [6, 6.07) is 0.855. The Bertz CT molecular complexity index is 387. The second-order valence-corrected chi connectivity index (χ2v) is 5.65. The number of fused-ring (bicyclic) bond motifs is 1. The van der Waals surface area contributed by atoms with Crippen LogP contribution >= 0.6 is 0 Å². The Morgan fingerprint density at radius 2 is 2.22 bits per heavy atom. The third kappa shape index (κ3) is 2.59. The Kier molecular flexibility index (Phi) is 3.66. The monoisotopic (exact) mass is 248 g/mol. The van der Waals surface area contributed by atoms with Crippen LogP contribution in [0.5, 0.6) is 0 Å². The normalized spacial score (nSPS) is 25.5. The van der Waals surface area contributed by atoms with Crippen LogP contribution in [0.3, 0.4) is 0 Å². The van der Waals surface area contributed by atoms with Crippen LogP contribution in [0.4, 0.5) is 0 Å². The van der Waals surface area contributed by atoms with Crippen LogP contribution in [-0.4, -0.2) is 58.1 Å². The number of rotatable bonds is 4. The Labute approximate surface area is 110 Å². The van der Waals surface area contributed by atoms with Crippen molar-refractivity contribution in [3.8, 4) is 0 Å². The summed E-state index contributed by atoms with van der Waals surface area (Å²) in [4.78, 5) is 9.60. The fourth-order valence-electron chi connectivity index (χ4n) is 3.36. The molecule has 2 saturated heterocycles. The van der Waals surface area contributed by atoms with Crippen molar-refractivity contribution in [3.63, 3.8) is 0 Å². The molecule has 2 aliphatic heterocycles. The smallest absolute Gasteiger partial charge is 0.105 e. The summed E-state index contributed by atoms with van der Waals surface area (Å²) in [5.41, 5.74) is 0. The van der Waals surface area contributed by atoms with Gasteiger partial charge in [0.25, 0.3) is 0 Å². The van der Waals surface area contributed by atoms with E-state index in [-0.39, 0.29) is 0 Å². The molecule has 0 amide bonds. The van der Waals surface area contributed by atoms with Crippen LogP contribution in [0.25, 0.3) is 0 Å². The van der Waals surface area contributed by atoms with E-state index in [2.05, 4.69) is 32.5 Å². The van der Waals surface area contributed by atoms with E-state index in [4.69, 9.17) is 0 Å². The molecule has 3 rings (SSSR count). The van der Waals surface area contributed by atoms with Gasteiger partial charge in [-0.1, -0.05) is 0 Å². The molecule has 0 bridgehead atoms. The summed E-state index contributed by atoms with van der Waals surface area (Å²) in [7, 11) is 0. The number of piperazine rings is 1. The maximum Gasteiger partial charge on any atom is 0.105 e. The molecular formula is C14H24N4. The van der Waals surface area contributed by atoms with Gasteiger partial charge in [0.2, 0.25) is 0 Å². The number of hydrogen-bond acceptors (Lipinski definition) is 3. The van der Waals surface area contributed by atoms with E-state index in [9.17, 15) is 0 Å². The number of aryl methyl sites for hydroxylation is 2. The van der Waals surface area contributed by atoms with Gasteiger partial charge in [-0.15, -0.1) is 0 Å². The van der Waals surface area contributed by atoms with Crippen molar-refractivity contribution in [1.29, 1.82) is 0 Å². The molecule has 1 aromatic rings. The number of hydrogen-bond donors (Lipinski definition) is 0. The van der Waals surface area contributed by atoms with Gasteiger partial charge in [0, 0.05) is 44.6 Å². The molecular weight excluding hydrogens is 224 g/mol. The Morgan fingerprint density at radius 1 is 1.28 bits per heavy atom. The van der Waals surface area contributed by atoms with Gasteiger partial charge in [0.05, 0.1) is 0 Å². The lowest BCUT2D eigenvalue weighted by atomic mass is 10.1. The highest BCUT2D eigenvalue weighted by Gasteiger charge is 2.29. The van der Waals surface area contributed by atoms with Crippen LogP contribution < -0.4 is 0 Å².